The number of hydrogen-bond acceptors (Lipinski definition) is 3. The molecular weight excluding hydrogens is 230 g/mol. The van der Waals surface area contributed by atoms with Gasteiger partial charge in [0.25, 0.3) is 0 Å². The molecule has 0 aliphatic heterocycles. The number of benzene rings is 1. The van der Waals surface area contributed by atoms with E-state index in [2.05, 4.69) is 18.0 Å². The first-order valence-corrected chi connectivity index (χ1v) is 6.08. The number of aromatic nitrogens is 1. The molecule has 0 unspecified atom stereocenters. The molecule has 0 amide bonds. The summed E-state index contributed by atoms with van der Waals surface area (Å²) in [6.07, 6.45) is 0.939. The van der Waals surface area contributed by atoms with Crippen LogP contribution in [0.3, 0.4) is 0 Å². The summed E-state index contributed by atoms with van der Waals surface area (Å²) in [5, 5.41) is 1.06. The van der Waals surface area contributed by atoms with Crippen LogP contribution in [0.25, 0.3) is 10.9 Å². The molecule has 18 heavy (non-hydrogen) atoms. The Labute approximate surface area is 107 Å². The molecule has 2 rings (SSSR count). The van der Waals surface area contributed by atoms with Crippen LogP contribution in [0.15, 0.2) is 12.1 Å². The molecule has 0 radical (unpaired) electrons. The van der Waals surface area contributed by atoms with E-state index in [0.29, 0.717) is 23.9 Å². The highest BCUT2D eigenvalue weighted by Gasteiger charge is 2.17. The van der Waals surface area contributed by atoms with Crippen LogP contribution in [0.4, 0.5) is 0 Å². The molecule has 0 saturated carbocycles. The maximum absolute atomic E-state index is 5.75. The lowest BCUT2D eigenvalue weighted by molar-refractivity contribution is 0.276. The number of hydrogen-bond donors (Lipinski definition) is 1. The molecule has 0 saturated heterocycles. The molecule has 0 atom stereocenters. The highest BCUT2D eigenvalue weighted by Crippen LogP contribution is 2.43. The summed E-state index contributed by atoms with van der Waals surface area (Å²) < 4.78 is 16.6. The molecule has 4 nitrogen and oxygen atoms in total. The maximum Gasteiger partial charge on any atom is 0.205 e. The Balaban J connectivity index is 2.63. The molecule has 0 aliphatic rings. The van der Waals surface area contributed by atoms with Gasteiger partial charge < -0.3 is 19.2 Å². The third-order valence-corrected chi connectivity index (χ3v) is 2.80. The Hall–Kier alpha value is -1.84. The topological polar surface area (TPSA) is 43.5 Å². The zero-order chi connectivity index (χ0) is 13.1. The number of rotatable bonds is 5. The van der Waals surface area contributed by atoms with E-state index in [4.69, 9.17) is 14.2 Å². The van der Waals surface area contributed by atoms with Crippen LogP contribution in [0.5, 0.6) is 17.2 Å². The second kappa shape index (κ2) is 5.21. The van der Waals surface area contributed by atoms with Crippen LogP contribution in [-0.4, -0.2) is 25.8 Å². The molecular formula is C14H19NO3. The first kappa shape index (κ1) is 12.6. The third kappa shape index (κ3) is 2.10. The van der Waals surface area contributed by atoms with E-state index in [0.717, 1.165) is 23.0 Å². The molecule has 0 bridgehead atoms. The monoisotopic (exact) mass is 249 g/mol. The molecule has 1 heterocycles. The molecule has 0 spiro atoms. The number of nitrogens with one attached hydrogen (secondary N) is 1. The molecule has 1 aromatic carbocycles. The third-order valence-electron chi connectivity index (χ3n) is 2.80. The van der Waals surface area contributed by atoms with Gasteiger partial charge in [0.15, 0.2) is 11.5 Å². The van der Waals surface area contributed by atoms with Crippen LogP contribution >= 0.6 is 0 Å². The number of ether oxygens (including phenoxy) is 3. The first-order chi connectivity index (χ1) is 8.71. The Morgan fingerprint density at radius 2 is 1.89 bits per heavy atom. The van der Waals surface area contributed by atoms with Crippen molar-refractivity contribution in [2.45, 2.75) is 20.3 Å². The minimum atomic E-state index is 0.637. The van der Waals surface area contributed by atoms with E-state index in [1.165, 1.54) is 0 Å². The van der Waals surface area contributed by atoms with Gasteiger partial charge in [0.1, 0.15) is 0 Å². The molecule has 0 fully saturated rings. The summed E-state index contributed by atoms with van der Waals surface area (Å²) in [6, 6.07) is 4.02. The summed E-state index contributed by atoms with van der Waals surface area (Å²) in [7, 11) is 3.28. The number of methoxy groups -OCH3 is 2. The van der Waals surface area contributed by atoms with Gasteiger partial charge in [0.2, 0.25) is 5.75 Å². The lowest BCUT2D eigenvalue weighted by Gasteiger charge is -2.14. The maximum atomic E-state index is 5.75. The van der Waals surface area contributed by atoms with Crippen molar-refractivity contribution in [3.8, 4) is 17.2 Å². The number of aromatic amines is 1. The lowest BCUT2D eigenvalue weighted by atomic mass is 10.2. The van der Waals surface area contributed by atoms with Crippen LogP contribution in [0.2, 0.25) is 0 Å². The van der Waals surface area contributed by atoms with E-state index in [1.54, 1.807) is 14.2 Å². The zero-order valence-electron chi connectivity index (χ0n) is 11.3. The fourth-order valence-corrected chi connectivity index (χ4v) is 2.03. The van der Waals surface area contributed by atoms with Gasteiger partial charge in [-0.05, 0) is 25.5 Å². The predicted octanol–water partition coefficient (Wildman–Crippen LogP) is 3.28. The van der Waals surface area contributed by atoms with Gasteiger partial charge in [-0.2, -0.15) is 0 Å². The summed E-state index contributed by atoms with van der Waals surface area (Å²) >= 11 is 0. The van der Waals surface area contributed by atoms with Crippen LogP contribution in [0.1, 0.15) is 19.0 Å². The highest BCUT2D eigenvalue weighted by atomic mass is 16.5. The van der Waals surface area contributed by atoms with Crippen LogP contribution < -0.4 is 14.2 Å². The molecule has 98 valence electrons. The Morgan fingerprint density at radius 3 is 2.50 bits per heavy atom. The minimum Gasteiger partial charge on any atom is -0.493 e. The van der Waals surface area contributed by atoms with Gasteiger partial charge in [-0.1, -0.05) is 6.92 Å². The Kier molecular flexibility index (Phi) is 3.65. The van der Waals surface area contributed by atoms with Gasteiger partial charge >= 0.3 is 0 Å². The summed E-state index contributed by atoms with van der Waals surface area (Å²) in [5.74, 6) is 2.06. The fourth-order valence-electron chi connectivity index (χ4n) is 2.03. The van der Waals surface area contributed by atoms with Gasteiger partial charge in [-0.25, -0.2) is 0 Å². The minimum absolute atomic E-state index is 0.637. The van der Waals surface area contributed by atoms with Gasteiger partial charge in [-0.15, -0.1) is 0 Å². The van der Waals surface area contributed by atoms with Crippen molar-refractivity contribution < 1.29 is 14.2 Å². The van der Waals surface area contributed by atoms with Crippen LogP contribution in [-0.2, 0) is 0 Å². The number of aryl methyl sites for hydroxylation is 1. The average Bonchev–Trinajstić information content (AvgIpc) is 2.74. The quantitative estimate of drug-likeness (QED) is 0.884. The smallest absolute Gasteiger partial charge is 0.205 e. The second-order valence-electron chi connectivity index (χ2n) is 4.21. The van der Waals surface area contributed by atoms with Crippen molar-refractivity contribution in [2.24, 2.45) is 0 Å². The van der Waals surface area contributed by atoms with E-state index < -0.39 is 0 Å². The predicted molar refractivity (Wildman–Crippen MR) is 71.9 cm³/mol. The highest BCUT2D eigenvalue weighted by molar-refractivity contribution is 5.91. The van der Waals surface area contributed by atoms with Gasteiger partial charge in [0, 0.05) is 11.1 Å². The van der Waals surface area contributed by atoms with E-state index in [9.17, 15) is 0 Å². The van der Waals surface area contributed by atoms with Crippen molar-refractivity contribution in [3.63, 3.8) is 0 Å². The summed E-state index contributed by atoms with van der Waals surface area (Å²) in [6.45, 7) is 4.71. The first-order valence-electron chi connectivity index (χ1n) is 6.08. The van der Waals surface area contributed by atoms with Gasteiger partial charge in [0.05, 0.1) is 26.3 Å². The van der Waals surface area contributed by atoms with E-state index in [-0.39, 0.29) is 0 Å². The number of H-pyrrole nitrogens is 1. The molecule has 1 N–H and O–H groups in total. The summed E-state index contributed by atoms with van der Waals surface area (Å²) in [5.41, 5.74) is 2.03. The van der Waals surface area contributed by atoms with E-state index in [1.807, 2.05) is 13.0 Å². The van der Waals surface area contributed by atoms with Crippen molar-refractivity contribution in [1.29, 1.82) is 0 Å². The SMILES string of the molecule is CCCOc1c(OC)cc2cc(C)[nH]c2c1OC. The molecule has 4 heteroatoms. The zero-order valence-corrected chi connectivity index (χ0v) is 11.3. The Morgan fingerprint density at radius 1 is 1.11 bits per heavy atom. The largest absolute Gasteiger partial charge is 0.493 e. The van der Waals surface area contributed by atoms with Crippen LogP contribution in [0, 0.1) is 6.92 Å². The Bertz CT molecular complexity index is 545. The van der Waals surface area contributed by atoms with Crippen molar-refractivity contribution >= 4 is 10.9 Å². The second-order valence-corrected chi connectivity index (χ2v) is 4.21. The van der Waals surface area contributed by atoms with Gasteiger partial charge in [-0.3, -0.25) is 0 Å². The van der Waals surface area contributed by atoms with Crippen molar-refractivity contribution in [1.82, 2.24) is 4.98 Å². The molecule has 2 aromatic rings. The van der Waals surface area contributed by atoms with Crippen molar-refractivity contribution in [3.05, 3.63) is 17.8 Å². The standard InChI is InChI=1S/C14H19NO3/c1-5-6-18-13-11(16-3)8-10-7-9(2)15-12(10)14(13)17-4/h7-8,15H,5-6H2,1-4H3. The normalized spacial score (nSPS) is 10.7. The fraction of sp³-hybridized carbons (Fsp3) is 0.429. The summed E-state index contributed by atoms with van der Waals surface area (Å²) in [4.78, 5) is 3.29. The van der Waals surface area contributed by atoms with Crippen molar-refractivity contribution in [2.75, 3.05) is 20.8 Å². The van der Waals surface area contributed by atoms with E-state index >= 15 is 0 Å². The molecule has 1 aromatic heterocycles. The molecule has 0 aliphatic carbocycles. The average molecular weight is 249 g/mol. The number of fused-ring (bicyclic) bond motifs is 1. The lowest BCUT2D eigenvalue weighted by Crippen LogP contribution is -2.00.